The van der Waals surface area contributed by atoms with Crippen LogP contribution in [0.25, 0.3) is 0 Å². The lowest BCUT2D eigenvalue weighted by molar-refractivity contribution is -0.120. The normalized spacial score (nSPS) is 23.2. The number of nitrogens with one attached hydrogen (secondary N) is 2. The smallest absolute Gasteiger partial charge is 0.228 e. The van der Waals surface area contributed by atoms with Crippen LogP contribution in [0.1, 0.15) is 13.3 Å². The number of halogens is 3. The van der Waals surface area contributed by atoms with Crippen LogP contribution in [0.5, 0.6) is 0 Å². The summed E-state index contributed by atoms with van der Waals surface area (Å²) in [5.41, 5.74) is -0.331. The standard InChI is InChI=1S/C13H15F3N2O/c1-7-2-8(6-17-5-7)13(19)18-12-4-10(15)9(14)3-11(12)16/h3-4,7-8,17H,2,5-6H2,1H3,(H,18,19). The number of rotatable bonds is 2. The van der Waals surface area contributed by atoms with Crippen LogP contribution in [0.15, 0.2) is 12.1 Å². The zero-order valence-electron chi connectivity index (χ0n) is 10.5. The summed E-state index contributed by atoms with van der Waals surface area (Å²) in [5.74, 6) is -3.78. The van der Waals surface area contributed by atoms with Gasteiger partial charge in [0.25, 0.3) is 0 Å². The Morgan fingerprint density at radius 1 is 1.21 bits per heavy atom. The first-order valence-corrected chi connectivity index (χ1v) is 6.13. The van der Waals surface area contributed by atoms with E-state index in [0.29, 0.717) is 31.0 Å². The molecule has 0 spiro atoms. The molecule has 1 saturated heterocycles. The first-order chi connectivity index (χ1) is 8.97. The minimum atomic E-state index is -1.27. The van der Waals surface area contributed by atoms with Gasteiger partial charge in [-0.2, -0.15) is 0 Å². The number of amides is 1. The van der Waals surface area contributed by atoms with Gasteiger partial charge in [0.1, 0.15) is 5.82 Å². The third-order valence-electron chi connectivity index (χ3n) is 3.21. The quantitative estimate of drug-likeness (QED) is 0.811. The average molecular weight is 272 g/mol. The van der Waals surface area contributed by atoms with E-state index < -0.39 is 17.5 Å². The fraction of sp³-hybridized carbons (Fsp3) is 0.462. The van der Waals surface area contributed by atoms with Crippen LogP contribution in [0.3, 0.4) is 0 Å². The summed E-state index contributed by atoms with van der Waals surface area (Å²) < 4.78 is 39.2. The van der Waals surface area contributed by atoms with Gasteiger partial charge in [0.2, 0.25) is 5.91 Å². The lowest BCUT2D eigenvalue weighted by Crippen LogP contribution is -2.41. The topological polar surface area (TPSA) is 41.1 Å². The molecule has 0 radical (unpaired) electrons. The zero-order chi connectivity index (χ0) is 14.0. The van der Waals surface area contributed by atoms with Crippen molar-refractivity contribution in [2.45, 2.75) is 13.3 Å². The molecule has 2 N–H and O–H groups in total. The van der Waals surface area contributed by atoms with Crippen molar-refractivity contribution < 1.29 is 18.0 Å². The highest BCUT2D eigenvalue weighted by molar-refractivity contribution is 5.92. The van der Waals surface area contributed by atoms with Crippen molar-refractivity contribution in [2.24, 2.45) is 11.8 Å². The van der Waals surface area contributed by atoms with Crippen LogP contribution in [-0.2, 0) is 4.79 Å². The molecule has 0 bridgehead atoms. The Morgan fingerprint density at radius 2 is 1.89 bits per heavy atom. The summed E-state index contributed by atoms with van der Waals surface area (Å²) in [6, 6.07) is 1.08. The number of carbonyl (C=O) groups is 1. The van der Waals surface area contributed by atoms with Crippen LogP contribution in [0.4, 0.5) is 18.9 Å². The molecule has 104 valence electrons. The molecule has 1 aromatic rings. The third kappa shape index (κ3) is 3.26. The molecule has 0 saturated carbocycles. The highest BCUT2D eigenvalue weighted by Crippen LogP contribution is 2.21. The molecule has 2 unspecified atom stereocenters. The predicted molar refractivity (Wildman–Crippen MR) is 65.1 cm³/mol. The SMILES string of the molecule is CC1CNCC(C(=O)Nc2cc(F)c(F)cc2F)C1. The molecule has 1 amide bonds. The van der Waals surface area contributed by atoms with Crippen LogP contribution < -0.4 is 10.6 Å². The average Bonchev–Trinajstić information content (AvgIpc) is 2.36. The molecular weight excluding hydrogens is 257 g/mol. The van der Waals surface area contributed by atoms with Crippen molar-refractivity contribution >= 4 is 11.6 Å². The predicted octanol–water partition coefficient (Wildman–Crippen LogP) is 2.29. The summed E-state index contributed by atoms with van der Waals surface area (Å²) in [7, 11) is 0. The fourth-order valence-electron chi connectivity index (χ4n) is 2.21. The van der Waals surface area contributed by atoms with E-state index in [2.05, 4.69) is 10.6 Å². The van der Waals surface area contributed by atoms with E-state index in [4.69, 9.17) is 0 Å². The maximum atomic E-state index is 13.4. The second-order valence-corrected chi connectivity index (χ2v) is 4.93. The van der Waals surface area contributed by atoms with Crippen LogP contribution in [-0.4, -0.2) is 19.0 Å². The van der Waals surface area contributed by atoms with E-state index in [1.807, 2.05) is 6.92 Å². The number of hydrogen-bond acceptors (Lipinski definition) is 2. The minimum Gasteiger partial charge on any atom is -0.323 e. The Kier molecular flexibility index (Phi) is 4.09. The maximum absolute atomic E-state index is 13.4. The van der Waals surface area contributed by atoms with Gasteiger partial charge in [0, 0.05) is 18.7 Å². The second kappa shape index (κ2) is 5.61. The molecular formula is C13H15F3N2O. The highest BCUT2D eigenvalue weighted by atomic mass is 19.2. The molecule has 1 heterocycles. The van der Waals surface area contributed by atoms with Gasteiger partial charge in [-0.05, 0) is 18.9 Å². The molecule has 1 aromatic carbocycles. The van der Waals surface area contributed by atoms with Gasteiger partial charge in [-0.15, -0.1) is 0 Å². The number of benzene rings is 1. The molecule has 0 aromatic heterocycles. The second-order valence-electron chi connectivity index (χ2n) is 4.93. The summed E-state index contributed by atoms with van der Waals surface area (Å²) in [6.07, 6.45) is 0.685. The molecule has 0 aliphatic carbocycles. The van der Waals surface area contributed by atoms with Crippen LogP contribution in [0.2, 0.25) is 0 Å². The van der Waals surface area contributed by atoms with Crippen LogP contribution in [0, 0.1) is 29.3 Å². The fourth-order valence-corrected chi connectivity index (χ4v) is 2.21. The summed E-state index contributed by atoms with van der Waals surface area (Å²) >= 11 is 0. The van der Waals surface area contributed by atoms with E-state index >= 15 is 0 Å². The maximum Gasteiger partial charge on any atom is 0.228 e. The van der Waals surface area contributed by atoms with Gasteiger partial charge in [-0.1, -0.05) is 6.92 Å². The summed E-state index contributed by atoms with van der Waals surface area (Å²) in [6.45, 7) is 3.34. The molecule has 6 heteroatoms. The van der Waals surface area contributed by atoms with E-state index in [-0.39, 0.29) is 17.5 Å². The highest BCUT2D eigenvalue weighted by Gasteiger charge is 2.25. The molecule has 1 aliphatic heterocycles. The van der Waals surface area contributed by atoms with Gasteiger partial charge in [-0.25, -0.2) is 13.2 Å². The molecule has 2 rings (SSSR count). The number of anilines is 1. The lowest BCUT2D eigenvalue weighted by Gasteiger charge is -2.26. The van der Waals surface area contributed by atoms with E-state index in [1.54, 1.807) is 0 Å². The molecule has 1 aliphatic rings. The largest absolute Gasteiger partial charge is 0.323 e. The van der Waals surface area contributed by atoms with Crippen molar-refractivity contribution in [1.29, 1.82) is 0 Å². The molecule has 19 heavy (non-hydrogen) atoms. The van der Waals surface area contributed by atoms with Gasteiger partial charge in [0.15, 0.2) is 11.6 Å². The number of carbonyl (C=O) groups excluding carboxylic acids is 1. The Hall–Kier alpha value is -1.56. The van der Waals surface area contributed by atoms with Crippen molar-refractivity contribution in [1.82, 2.24) is 5.32 Å². The third-order valence-corrected chi connectivity index (χ3v) is 3.21. The number of piperidine rings is 1. The monoisotopic (exact) mass is 272 g/mol. The Balaban J connectivity index is 2.08. The van der Waals surface area contributed by atoms with Crippen molar-refractivity contribution in [3.8, 4) is 0 Å². The minimum absolute atomic E-state index is 0.295. The van der Waals surface area contributed by atoms with Gasteiger partial charge in [0.05, 0.1) is 11.6 Å². The van der Waals surface area contributed by atoms with E-state index in [1.165, 1.54) is 0 Å². The van der Waals surface area contributed by atoms with Crippen molar-refractivity contribution in [3.63, 3.8) is 0 Å². The Morgan fingerprint density at radius 3 is 2.58 bits per heavy atom. The van der Waals surface area contributed by atoms with Crippen LogP contribution >= 0.6 is 0 Å². The summed E-state index contributed by atoms with van der Waals surface area (Å²) in [4.78, 5) is 11.9. The molecule has 3 nitrogen and oxygen atoms in total. The van der Waals surface area contributed by atoms with Gasteiger partial charge < -0.3 is 10.6 Å². The summed E-state index contributed by atoms with van der Waals surface area (Å²) in [5, 5.41) is 5.41. The zero-order valence-corrected chi connectivity index (χ0v) is 10.5. The van der Waals surface area contributed by atoms with Crippen molar-refractivity contribution in [2.75, 3.05) is 18.4 Å². The van der Waals surface area contributed by atoms with Gasteiger partial charge >= 0.3 is 0 Å². The Bertz CT molecular complexity index is 493. The first-order valence-electron chi connectivity index (χ1n) is 6.13. The van der Waals surface area contributed by atoms with E-state index in [0.717, 1.165) is 6.54 Å². The first kappa shape index (κ1) is 13.9. The number of hydrogen-bond donors (Lipinski definition) is 2. The molecule has 2 atom stereocenters. The lowest BCUT2D eigenvalue weighted by atomic mass is 9.91. The van der Waals surface area contributed by atoms with Gasteiger partial charge in [-0.3, -0.25) is 4.79 Å². The Labute approximate surface area is 109 Å². The molecule has 1 fully saturated rings. The van der Waals surface area contributed by atoms with Crippen molar-refractivity contribution in [3.05, 3.63) is 29.6 Å². The van der Waals surface area contributed by atoms with E-state index in [9.17, 15) is 18.0 Å².